The second-order valence-electron chi connectivity index (χ2n) is 4.06. The number of hydrogen-bond donors (Lipinski definition) is 1. The third-order valence-corrected chi connectivity index (χ3v) is 3.77. The molecule has 0 amide bonds. The number of halogens is 1. The summed E-state index contributed by atoms with van der Waals surface area (Å²) < 4.78 is 3.57. The number of aryl methyl sites for hydroxylation is 2. The van der Waals surface area contributed by atoms with Crippen molar-refractivity contribution in [3.05, 3.63) is 28.4 Å². The van der Waals surface area contributed by atoms with Crippen LogP contribution in [0.4, 0.5) is 5.69 Å². The Morgan fingerprint density at radius 1 is 1.40 bits per heavy atom. The SMILES string of the molecule is CNc1cc2c3c(c1)c(Br)cn3CCC2. The van der Waals surface area contributed by atoms with E-state index in [1.807, 2.05) is 7.05 Å². The van der Waals surface area contributed by atoms with Gasteiger partial charge in [-0.3, -0.25) is 0 Å². The predicted octanol–water partition coefficient (Wildman–Crippen LogP) is 3.39. The van der Waals surface area contributed by atoms with Gasteiger partial charge < -0.3 is 9.88 Å². The van der Waals surface area contributed by atoms with Gasteiger partial charge in [-0.05, 0) is 46.5 Å². The highest BCUT2D eigenvalue weighted by Gasteiger charge is 2.15. The van der Waals surface area contributed by atoms with Crippen molar-refractivity contribution < 1.29 is 0 Å². The Bertz CT molecular complexity index is 528. The predicted molar refractivity (Wildman–Crippen MR) is 67.5 cm³/mol. The normalized spacial score (nSPS) is 14.5. The first-order valence-corrected chi connectivity index (χ1v) is 6.08. The molecule has 1 aromatic heterocycles. The Morgan fingerprint density at radius 2 is 2.27 bits per heavy atom. The summed E-state index contributed by atoms with van der Waals surface area (Å²) in [4.78, 5) is 0. The van der Waals surface area contributed by atoms with Crippen LogP contribution < -0.4 is 5.32 Å². The molecule has 0 spiro atoms. The van der Waals surface area contributed by atoms with Crippen molar-refractivity contribution >= 4 is 32.5 Å². The summed E-state index contributed by atoms with van der Waals surface area (Å²) in [6, 6.07) is 4.48. The van der Waals surface area contributed by atoms with Gasteiger partial charge in [-0.25, -0.2) is 0 Å². The van der Waals surface area contributed by atoms with Crippen LogP contribution in [0.2, 0.25) is 0 Å². The van der Waals surface area contributed by atoms with E-state index >= 15 is 0 Å². The number of nitrogens with zero attached hydrogens (tertiary/aromatic N) is 1. The Balaban J connectivity index is 2.40. The second kappa shape index (κ2) is 3.27. The molecule has 2 aromatic rings. The first-order valence-electron chi connectivity index (χ1n) is 5.28. The maximum atomic E-state index is 3.64. The van der Waals surface area contributed by atoms with E-state index in [-0.39, 0.29) is 0 Å². The minimum Gasteiger partial charge on any atom is -0.388 e. The van der Waals surface area contributed by atoms with Crippen LogP contribution in [0, 0.1) is 0 Å². The largest absolute Gasteiger partial charge is 0.388 e. The van der Waals surface area contributed by atoms with E-state index in [1.165, 1.54) is 39.5 Å². The minimum atomic E-state index is 1.15. The van der Waals surface area contributed by atoms with Gasteiger partial charge in [-0.2, -0.15) is 0 Å². The third-order valence-electron chi connectivity index (χ3n) is 3.14. The zero-order chi connectivity index (χ0) is 10.4. The van der Waals surface area contributed by atoms with Crippen LogP contribution in [-0.2, 0) is 13.0 Å². The molecule has 0 aliphatic carbocycles. The fourth-order valence-electron chi connectivity index (χ4n) is 2.44. The molecule has 1 aliphatic rings. The second-order valence-corrected chi connectivity index (χ2v) is 4.91. The lowest BCUT2D eigenvalue weighted by molar-refractivity contribution is 0.635. The smallest absolute Gasteiger partial charge is 0.0526 e. The van der Waals surface area contributed by atoms with Gasteiger partial charge in [0.1, 0.15) is 0 Å². The van der Waals surface area contributed by atoms with Crippen LogP contribution in [0.3, 0.4) is 0 Å². The Morgan fingerprint density at radius 3 is 3.07 bits per heavy atom. The summed E-state index contributed by atoms with van der Waals surface area (Å²) in [7, 11) is 1.97. The lowest BCUT2D eigenvalue weighted by Gasteiger charge is -2.16. The summed E-state index contributed by atoms with van der Waals surface area (Å²) in [5.41, 5.74) is 4.08. The minimum absolute atomic E-state index is 1.15. The maximum absolute atomic E-state index is 3.64. The molecule has 3 rings (SSSR count). The summed E-state index contributed by atoms with van der Waals surface area (Å²) >= 11 is 3.64. The molecule has 0 saturated heterocycles. The van der Waals surface area contributed by atoms with Gasteiger partial charge in [0, 0.05) is 35.3 Å². The summed E-state index contributed by atoms with van der Waals surface area (Å²) in [5, 5.41) is 4.55. The van der Waals surface area contributed by atoms with Crippen molar-refractivity contribution in [2.45, 2.75) is 19.4 Å². The molecule has 78 valence electrons. The lowest BCUT2D eigenvalue weighted by atomic mass is 10.0. The molecule has 0 atom stereocenters. The van der Waals surface area contributed by atoms with E-state index in [9.17, 15) is 0 Å². The van der Waals surface area contributed by atoms with Crippen LogP contribution in [0.15, 0.2) is 22.8 Å². The highest BCUT2D eigenvalue weighted by molar-refractivity contribution is 9.10. The highest BCUT2D eigenvalue weighted by atomic mass is 79.9. The molecule has 0 unspecified atom stereocenters. The molecule has 0 fully saturated rings. The molecule has 0 saturated carbocycles. The van der Waals surface area contributed by atoms with Crippen molar-refractivity contribution in [2.24, 2.45) is 0 Å². The third kappa shape index (κ3) is 1.29. The number of benzene rings is 1. The molecule has 2 nitrogen and oxygen atoms in total. The van der Waals surface area contributed by atoms with Crippen LogP contribution in [0.1, 0.15) is 12.0 Å². The van der Waals surface area contributed by atoms with Gasteiger partial charge in [0.15, 0.2) is 0 Å². The van der Waals surface area contributed by atoms with Crippen molar-refractivity contribution in [3.63, 3.8) is 0 Å². The zero-order valence-electron chi connectivity index (χ0n) is 8.68. The topological polar surface area (TPSA) is 17.0 Å². The van der Waals surface area contributed by atoms with E-state index in [4.69, 9.17) is 0 Å². The summed E-state index contributed by atoms with van der Waals surface area (Å²) in [5.74, 6) is 0. The van der Waals surface area contributed by atoms with Crippen molar-refractivity contribution in [2.75, 3.05) is 12.4 Å². The van der Waals surface area contributed by atoms with E-state index in [2.05, 4.69) is 44.1 Å². The van der Waals surface area contributed by atoms with Gasteiger partial charge in [-0.15, -0.1) is 0 Å². The monoisotopic (exact) mass is 264 g/mol. The molecule has 1 N–H and O–H groups in total. The fraction of sp³-hybridized carbons (Fsp3) is 0.333. The van der Waals surface area contributed by atoms with Crippen LogP contribution in [0.5, 0.6) is 0 Å². The number of nitrogens with one attached hydrogen (secondary N) is 1. The quantitative estimate of drug-likeness (QED) is 0.836. The number of hydrogen-bond acceptors (Lipinski definition) is 1. The Kier molecular flexibility index (Phi) is 2.02. The lowest BCUT2D eigenvalue weighted by Crippen LogP contribution is -2.06. The maximum Gasteiger partial charge on any atom is 0.0526 e. The standard InChI is InChI=1S/C12H13BrN2/c1-14-9-5-8-3-2-4-15-7-11(13)10(6-9)12(8)15/h5-7,14H,2-4H2,1H3. The van der Waals surface area contributed by atoms with Gasteiger partial charge in [0.05, 0.1) is 5.52 Å². The molecular formula is C12H13BrN2. The Labute approximate surface area is 97.4 Å². The molecule has 3 heteroatoms. The average Bonchev–Trinajstić information content (AvgIpc) is 2.58. The highest BCUT2D eigenvalue weighted by Crippen LogP contribution is 2.34. The van der Waals surface area contributed by atoms with E-state index in [0.717, 1.165) is 6.54 Å². The molecule has 0 bridgehead atoms. The van der Waals surface area contributed by atoms with Crippen LogP contribution in [0.25, 0.3) is 10.9 Å². The van der Waals surface area contributed by atoms with Crippen molar-refractivity contribution in [1.29, 1.82) is 0 Å². The number of aromatic nitrogens is 1. The molecule has 1 aliphatic heterocycles. The first kappa shape index (κ1) is 9.28. The van der Waals surface area contributed by atoms with Crippen molar-refractivity contribution in [3.8, 4) is 0 Å². The molecule has 15 heavy (non-hydrogen) atoms. The van der Waals surface area contributed by atoms with E-state index in [1.54, 1.807) is 0 Å². The van der Waals surface area contributed by atoms with Gasteiger partial charge in [0.2, 0.25) is 0 Å². The van der Waals surface area contributed by atoms with Crippen LogP contribution >= 0.6 is 15.9 Å². The van der Waals surface area contributed by atoms with Gasteiger partial charge in [0.25, 0.3) is 0 Å². The molecular weight excluding hydrogens is 252 g/mol. The zero-order valence-corrected chi connectivity index (χ0v) is 10.3. The van der Waals surface area contributed by atoms with Gasteiger partial charge in [-0.1, -0.05) is 0 Å². The van der Waals surface area contributed by atoms with E-state index in [0.29, 0.717) is 0 Å². The Hall–Kier alpha value is -0.960. The van der Waals surface area contributed by atoms with Gasteiger partial charge >= 0.3 is 0 Å². The summed E-state index contributed by atoms with van der Waals surface area (Å²) in [6.45, 7) is 1.15. The number of rotatable bonds is 1. The fourth-order valence-corrected chi connectivity index (χ4v) is 2.99. The molecule has 1 aromatic carbocycles. The van der Waals surface area contributed by atoms with E-state index < -0.39 is 0 Å². The molecule has 2 heterocycles. The van der Waals surface area contributed by atoms with Crippen LogP contribution in [-0.4, -0.2) is 11.6 Å². The van der Waals surface area contributed by atoms with Crippen molar-refractivity contribution in [1.82, 2.24) is 4.57 Å². The molecule has 0 radical (unpaired) electrons. The first-order chi connectivity index (χ1) is 7.29. The summed E-state index contributed by atoms with van der Waals surface area (Å²) in [6.07, 6.45) is 4.64. The number of anilines is 1. The average molecular weight is 265 g/mol.